The molecule has 1 aromatic carbocycles. The number of nitrogens with one attached hydrogen (secondary N) is 1. The Morgan fingerprint density at radius 3 is 2.67 bits per heavy atom. The molecular weight excluding hydrogens is 262 g/mol. The van der Waals surface area contributed by atoms with Crippen molar-refractivity contribution in [2.24, 2.45) is 0 Å². The molecule has 3 aromatic rings. The molecule has 0 aliphatic heterocycles. The summed E-state index contributed by atoms with van der Waals surface area (Å²) in [5.74, 6) is 1.23. The molecule has 0 spiro atoms. The molecule has 5 heteroatoms. The molecule has 2 aromatic heterocycles. The molecule has 0 radical (unpaired) electrons. The Morgan fingerprint density at radius 2 is 1.90 bits per heavy atom. The number of nitrogen functional groups attached to an aromatic ring is 1. The predicted octanol–water partition coefficient (Wildman–Crippen LogP) is 2.46. The van der Waals surface area contributed by atoms with Crippen LogP contribution >= 0.6 is 0 Å². The monoisotopic (exact) mass is 279 g/mol. The van der Waals surface area contributed by atoms with Crippen LogP contribution in [0.4, 0.5) is 11.8 Å². The fourth-order valence-electron chi connectivity index (χ4n) is 2.83. The van der Waals surface area contributed by atoms with E-state index in [0.29, 0.717) is 5.95 Å². The lowest BCUT2D eigenvalue weighted by Crippen LogP contribution is -2.20. The Bertz CT molecular complexity index is 774. The first-order chi connectivity index (χ1) is 10.3. The first-order valence-corrected chi connectivity index (χ1v) is 7.18. The minimum atomic E-state index is 0.259. The Hall–Kier alpha value is -2.56. The standard InChI is InChI=1S/C16H17N5/c17-15-19-14-8-4-7-13(21(14)20-15)18-11-16(9-10-16)12-5-2-1-3-6-12/h1-8,18H,9-11H2,(H2,17,20). The minimum absolute atomic E-state index is 0.259. The van der Waals surface area contributed by atoms with Crippen LogP contribution in [0.5, 0.6) is 0 Å². The maximum atomic E-state index is 5.67. The van der Waals surface area contributed by atoms with Gasteiger partial charge in [0, 0.05) is 12.0 Å². The SMILES string of the molecule is Nc1nc2cccc(NCC3(c4ccccc4)CC3)n2n1. The fraction of sp³-hybridized carbons (Fsp3) is 0.250. The summed E-state index contributed by atoms with van der Waals surface area (Å²) in [6.45, 7) is 0.899. The molecule has 0 unspecified atom stereocenters. The average molecular weight is 279 g/mol. The van der Waals surface area contributed by atoms with E-state index in [2.05, 4.69) is 45.7 Å². The zero-order valence-corrected chi connectivity index (χ0v) is 11.7. The normalized spacial score (nSPS) is 16.0. The second-order valence-corrected chi connectivity index (χ2v) is 5.65. The highest BCUT2D eigenvalue weighted by atomic mass is 15.4. The molecule has 0 amide bonds. The van der Waals surface area contributed by atoms with Gasteiger partial charge in [-0.25, -0.2) is 0 Å². The number of fused-ring (bicyclic) bond motifs is 1. The summed E-state index contributed by atoms with van der Waals surface area (Å²) in [7, 11) is 0. The number of benzene rings is 1. The number of hydrogen-bond acceptors (Lipinski definition) is 4. The maximum Gasteiger partial charge on any atom is 0.240 e. The van der Waals surface area contributed by atoms with Crippen LogP contribution in [0, 0.1) is 0 Å². The van der Waals surface area contributed by atoms with Crippen molar-refractivity contribution >= 4 is 17.4 Å². The lowest BCUT2D eigenvalue weighted by molar-refractivity contribution is 0.726. The number of rotatable bonds is 4. The molecule has 0 atom stereocenters. The van der Waals surface area contributed by atoms with Crippen molar-refractivity contribution < 1.29 is 0 Å². The van der Waals surface area contributed by atoms with Gasteiger partial charge in [0.05, 0.1) is 0 Å². The number of nitrogens with two attached hydrogens (primary N) is 1. The van der Waals surface area contributed by atoms with E-state index in [9.17, 15) is 0 Å². The van der Waals surface area contributed by atoms with Crippen molar-refractivity contribution in [2.75, 3.05) is 17.6 Å². The molecule has 0 saturated heterocycles. The summed E-state index contributed by atoms with van der Waals surface area (Å²) in [4.78, 5) is 4.18. The zero-order chi connectivity index (χ0) is 14.3. The van der Waals surface area contributed by atoms with Gasteiger partial charge in [-0.1, -0.05) is 36.4 Å². The van der Waals surface area contributed by atoms with Gasteiger partial charge in [-0.2, -0.15) is 9.50 Å². The third kappa shape index (κ3) is 2.11. The van der Waals surface area contributed by atoms with Crippen LogP contribution in [0.3, 0.4) is 0 Å². The Balaban J connectivity index is 1.59. The van der Waals surface area contributed by atoms with E-state index >= 15 is 0 Å². The number of nitrogens with zero attached hydrogens (tertiary/aromatic N) is 3. The van der Waals surface area contributed by atoms with Crippen molar-refractivity contribution in [3.8, 4) is 0 Å². The van der Waals surface area contributed by atoms with Crippen LogP contribution in [-0.2, 0) is 5.41 Å². The fourth-order valence-corrected chi connectivity index (χ4v) is 2.83. The first-order valence-electron chi connectivity index (χ1n) is 7.18. The maximum absolute atomic E-state index is 5.67. The van der Waals surface area contributed by atoms with Gasteiger partial charge in [0.15, 0.2) is 5.65 Å². The van der Waals surface area contributed by atoms with E-state index in [-0.39, 0.29) is 5.41 Å². The van der Waals surface area contributed by atoms with Crippen molar-refractivity contribution in [1.82, 2.24) is 14.6 Å². The van der Waals surface area contributed by atoms with Crippen LogP contribution in [0.2, 0.25) is 0 Å². The van der Waals surface area contributed by atoms with Gasteiger partial charge in [-0.05, 0) is 30.5 Å². The van der Waals surface area contributed by atoms with Gasteiger partial charge < -0.3 is 11.1 Å². The largest absolute Gasteiger partial charge is 0.369 e. The first kappa shape index (κ1) is 12.2. The van der Waals surface area contributed by atoms with E-state index < -0.39 is 0 Å². The Kier molecular flexibility index (Phi) is 2.60. The van der Waals surface area contributed by atoms with Gasteiger partial charge in [-0.15, -0.1) is 5.10 Å². The lowest BCUT2D eigenvalue weighted by atomic mass is 9.96. The van der Waals surface area contributed by atoms with Crippen LogP contribution < -0.4 is 11.1 Å². The summed E-state index contributed by atoms with van der Waals surface area (Å²) in [5, 5.41) is 7.73. The van der Waals surface area contributed by atoms with Crippen LogP contribution in [0.1, 0.15) is 18.4 Å². The Morgan fingerprint density at radius 1 is 1.10 bits per heavy atom. The third-order valence-corrected chi connectivity index (χ3v) is 4.22. The van der Waals surface area contributed by atoms with Crippen molar-refractivity contribution in [3.05, 3.63) is 54.1 Å². The van der Waals surface area contributed by atoms with E-state index in [4.69, 9.17) is 5.73 Å². The number of anilines is 2. The molecule has 1 fully saturated rings. The molecule has 0 bridgehead atoms. The summed E-state index contributed by atoms with van der Waals surface area (Å²) in [6, 6.07) is 16.6. The molecular formula is C16H17N5. The highest BCUT2D eigenvalue weighted by Gasteiger charge is 2.43. The third-order valence-electron chi connectivity index (χ3n) is 4.22. The highest BCUT2D eigenvalue weighted by molar-refractivity contribution is 5.51. The van der Waals surface area contributed by atoms with Crippen molar-refractivity contribution in [1.29, 1.82) is 0 Å². The number of pyridine rings is 1. The second-order valence-electron chi connectivity index (χ2n) is 5.65. The van der Waals surface area contributed by atoms with Gasteiger partial charge in [0.1, 0.15) is 5.82 Å². The molecule has 2 heterocycles. The molecule has 21 heavy (non-hydrogen) atoms. The lowest BCUT2D eigenvalue weighted by Gasteiger charge is -2.17. The van der Waals surface area contributed by atoms with Gasteiger partial charge in [0.2, 0.25) is 5.95 Å². The summed E-state index contributed by atoms with van der Waals surface area (Å²) in [6.07, 6.45) is 2.44. The van der Waals surface area contributed by atoms with Crippen LogP contribution in [0.15, 0.2) is 48.5 Å². The van der Waals surface area contributed by atoms with Gasteiger partial charge >= 0.3 is 0 Å². The quantitative estimate of drug-likeness (QED) is 0.769. The molecule has 1 saturated carbocycles. The number of aromatic nitrogens is 3. The molecule has 1 aliphatic rings. The topological polar surface area (TPSA) is 68.2 Å². The smallest absolute Gasteiger partial charge is 0.240 e. The summed E-state index contributed by atoms with van der Waals surface area (Å²) in [5.41, 5.74) is 8.10. The summed E-state index contributed by atoms with van der Waals surface area (Å²) >= 11 is 0. The van der Waals surface area contributed by atoms with Gasteiger partial charge in [-0.3, -0.25) is 0 Å². The van der Waals surface area contributed by atoms with Crippen LogP contribution in [-0.4, -0.2) is 21.1 Å². The van der Waals surface area contributed by atoms with Crippen molar-refractivity contribution in [3.63, 3.8) is 0 Å². The van der Waals surface area contributed by atoms with Crippen molar-refractivity contribution in [2.45, 2.75) is 18.3 Å². The van der Waals surface area contributed by atoms with Crippen LogP contribution in [0.25, 0.3) is 5.65 Å². The number of hydrogen-bond donors (Lipinski definition) is 2. The average Bonchev–Trinajstić information content (AvgIpc) is 3.20. The molecule has 4 rings (SSSR count). The minimum Gasteiger partial charge on any atom is -0.369 e. The van der Waals surface area contributed by atoms with E-state index in [1.54, 1.807) is 4.52 Å². The molecule has 1 aliphatic carbocycles. The van der Waals surface area contributed by atoms with Gasteiger partial charge in [0.25, 0.3) is 0 Å². The van der Waals surface area contributed by atoms with E-state index in [1.807, 2.05) is 18.2 Å². The molecule has 3 N–H and O–H groups in total. The summed E-state index contributed by atoms with van der Waals surface area (Å²) < 4.78 is 1.76. The van der Waals surface area contributed by atoms with E-state index in [0.717, 1.165) is 18.0 Å². The Labute approximate surface area is 122 Å². The second kappa shape index (κ2) is 4.48. The predicted molar refractivity (Wildman–Crippen MR) is 83.2 cm³/mol. The zero-order valence-electron chi connectivity index (χ0n) is 11.7. The van der Waals surface area contributed by atoms with E-state index in [1.165, 1.54) is 18.4 Å². The highest BCUT2D eigenvalue weighted by Crippen LogP contribution is 2.48. The molecule has 5 nitrogen and oxygen atoms in total. The molecule has 106 valence electrons.